The maximum Gasteiger partial charge on any atom is 0.338 e. The summed E-state index contributed by atoms with van der Waals surface area (Å²) in [4.78, 5) is 26.1. The van der Waals surface area contributed by atoms with E-state index in [4.69, 9.17) is 16.3 Å². The van der Waals surface area contributed by atoms with Crippen molar-refractivity contribution in [1.29, 1.82) is 0 Å². The zero-order chi connectivity index (χ0) is 15.4. The second kappa shape index (κ2) is 6.32. The van der Waals surface area contributed by atoms with Gasteiger partial charge in [-0.1, -0.05) is 17.7 Å². The molecular formula is C14H11ClN2O4. The Morgan fingerprint density at radius 2 is 2.19 bits per heavy atom. The second-order valence-corrected chi connectivity index (χ2v) is 4.66. The highest BCUT2D eigenvalue weighted by molar-refractivity contribution is 6.32. The van der Waals surface area contributed by atoms with E-state index in [0.29, 0.717) is 0 Å². The number of carbonyl (C=O) groups is 1. The Morgan fingerprint density at radius 3 is 2.81 bits per heavy atom. The van der Waals surface area contributed by atoms with Crippen LogP contribution in [0.3, 0.4) is 0 Å². The molecule has 0 aliphatic rings. The van der Waals surface area contributed by atoms with E-state index >= 15 is 0 Å². The van der Waals surface area contributed by atoms with Crippen LogP contribution in [0.5, 0.6) is 0 Å². The minimum atomic E-state index is -0.661. The highest BCUT2D eigenvalue weighted by Crippen LogP contribution is 2.26. The molecule has 7 heteroatoms. The SMILES string of the molecule is CC(OC(=O)c1ccc(Cl)c([N+](=O)[O-])c1)c1cccnc1. The number of aromatic nitrogens is 1. The molecule has 2 rings (SSSR count). The maximum absolute atomic E-state index is 12.0. The predicted molar refractivity (Wildman–Crippen MR) is 76.2 cm³/mol. The van der Waals surface area contributed by atoms with E-state index in [-0.39, 0.29) is 16.3 Å². The standard InChI is InChI=1S/C14H11ClN2O4/c1-9(11-3-2-6-16-8-11)21-14(18)10-4-5-12(15)13(7-10)17(19)20/h2-9H,1H3. The molecule has 6 nitrogen and oxygen atoms in total. The number of nitro groups is 1. The lowest BCUT2D eigenvalue weighted by Crippen LogP contribution is -2.09. The van der Waals surface area contributed by atoms with Crippen molar-refractivity contribution >= 4 is 23.3 Å². The number of pyridine rings is 1. The van der Waals surface area contributed by atoms with Gasteiger partial charge in [0.05, 0.1) is 10.5 Å². The van der Waals surface area contributed by atoms with Crippen LogP contribution in [-0.2, 0) is 4.74 Å². The highest BCUT2D eigenvalue weighted by atomic mass is 35.5. The van der Waals surface area contributed by atoms with E-state index in [2.05, 4.69) is 4.98 Å². The summed E-state index contributed by atoms with van der Waals surface area (Å²) in [6, 6.07) is 7.28. The van der Waals surface area contributed by atoms with Gasteiger partial charge in [0.1, 0.15) is 11.1 Å². The molecule has 0 aliphatic heterocycles. The van der Waals surface area contributed by atoms with Crippen LogP contribution in [0, 0.1) is 10.1 Å². The number of nitrogens with zero attached hydrogens (tertiary/aromatic N) is 2. The monoisotopic (exact) mass is 306 g/mol. The molecule has 1 atom stereocenters. The van der Waals surface area contributed by atoms with Crippen LogP contribution in [0.15, 0.2) is 42.7 Å². The summed E-state index contributed by atoms with van der Waals surface area (Å²) >= 11 is 5.70. The van der Waals surface area contributed by atoms with Gasteiger partial charge in [0.15, 0.2) is 0 Å². The van der Waals surface area contributed by atoms with Gasteiger partial charge < -0.3 is 4.74 Å². The number of hydrogen-bond acceptors (Lipinski definition) is 5. The Morgan fingerprint density at radius 1 is 1.43 bits per heavy atom. The largest absolute Gasteiger partial charge is 0.454 e. The number of nitro benzene ring substituents is 1. The maximum atomic E-state index is 12.0. The number of ether oxygens (including phenoxy) is 1. The van der Waals surface area contributed by atoms with Crippen molar-refractivity contribution in [2.24, 2.45) is 0 Å². The molecule has 0 fully saturated rings. The zero-order valence-electron chi connectivity index (χ0n) is 11.0. The Bertz CT molecular complexity index is 676. The van der Waals surface area contributed by atoms with E-state index in [0.717, 1.165) is 11.6 Å². The average molecular weight is 307 g/mol. The molecule has 2 aromatic rings. The Labute approximate surface area is 125 Å². The highest BCUT2D eigenvalue weighted by Gasteiger charge is 2.19. The van der Waals surface area contributed by atoms with E-state index in [9.17, 15) is 14.9 Å². The van der Waals surface area contributed by atoms with Gasteiger partial charge in [-0.25, -0.2) is 4.79 Å². The number of hydrogen-bond donors (Lipinski definition) is 0. The van der Waals surface area contributed by atoms with Crippen molar-refractivity contribution in [3.63, 3.8) is 0 Å². The van der Waals surface area contributed by atoms with Crippen molar-refractivity contribution < 1.29 is 14.5 Å². The van der Waals surface area contributed by atoms with Crippen molar-refractivity contribution in [3.05, 3.63) is 69.0 Å². The van der Waals surface area contributed by atoms with Crippen LogP contribution < -0.4 is 0 Å². The first-order valence-electron chi connectivity index (χ1n) is 6.04. The van der Waals surface area contributed by atoms with Gasteiger partial charge >= 0.3 is 5.97 Å². The smallest absolute Gasteiger partial charge is 0.338 e. The van der Waals surface area contributed by atoms with Crippen molar-refractivity contribution in [3.8, 4) is 0 Å². The molecule has 0 bridgehead atoms. The van der Waals surface area contributed by atoms with Crippen LogP contribution in [0.1, 0.15) is 28.9 Å². The first-order valence-corrected chi connectivity index (χ1v) is 6.41. The third kappa shape index (κ3) is 3.55. The van der Waals surface area contributed by atoms with E-state index in [1.165, 1.54) is 12.1 Å². The molecule has 0 spiro atoms. The summed E-state index contributed by atoms with van der Waals surface area (Å²) < 4.78 is 5.25. The molecule has 1 aromatic heterocycles. The lowest BCUT2D eigenvalue weighted by Gasteiger charge is -2.13. The van der Waals surface area contributed by atoms with Crippen LogP contribution in [-0.4, -0.2) is 15.9 Å². The van der Waals surface area contributed by atoms with Crippen LogP contribution in [0.4, 0.5) is 5.69 Å². The third-order valence-electron chi connectivity index (χ3n) is 2.82. The minimum Gasteiger partial charge on any atom is -0.454 e. The molecule has 0 N–H and O–H groups in total. The van der Waals surface area contributed by atoms with Gasteiger partial charge in [-0.3, -0.25) is 15.1 Å². The van der Waals surface area contributed by atoms with Crippen molar-refractivity contribution in [1.82, 2.24) is 4.98 Å². The number of benzene rings is 1. The Hall–Kier alpha value is -2.47. The fraction of sp³-hybridized carbons (Fsp3) is 0.143. The summed E-state index contributed by atoms with van der Waals surface area (Å²) in [6.07, 6.45) is 2.68. The van der Waals surface area contributed by atoms with E-state index in [1.54, 1.807) is 31.5 Å². The Balaban J connectivity index is 2.17. The number of esters is 1. The number of halogens is 1. The molecule has 21 heavy (non-hydrogen) atoms. The minimum absolute atomic E-state index is 0.0307. The molecule has 108 valence electrons. The van der Waals surface area contributed by atoms with Gasteiger partial charge in [-0.15, -0.1) is 0 Å². The molecule has 0 saturated heterocycles. The normalized spacial score (nSPS) is 11.7. The summed E-state index contributed by atoms with van der Waals surface area (Å²) in [6.45, 7) is 1.69. The third-order valence-corrected chi connectivity index (χ3v) is 3.14. The second-order valence-electron chi connectivity index (χ2n) is 4.26. The van der Waals surface area contributed by atoms with E-state index in [1.807, 2.05) is 0 Å². The Kier molecular flexibility index (Phi) is 4.49. The number of rotatable bonds is 4. The first kappa shape index (κ1) is 14.9. The van der Waals surface area contributed by atoms with Crippen LogP contribution in [0.25, 0.3) is 0 Å². The van der Waals surface area contributed by atoms with Crippen LogP contribution in [0.2, 0.25) is 5.02 Å². The first-order chi connectivity index (χ1) is 9.99. The van der Waals surface area contributed by atoms with Gasteiger partial charge in [-0.05, 0) is 25.1 Å². The van der Waals surface area contributed by atoms with Gasteiger partial charge in [-0.2, -0.15) is 0 Å². The van der Waals surface area contributed by atoms with E-state index < -0.39 is 17.0 Å². The lowest BCUT2D eigenvalue weighted by molar-refractivity contribution is -0.384. The molecule has 1 aromatic carbocycles. The molecule has 0 aliphatic carbocycles. The molecule has 1 heterocycles. The molecule has 0 saturated carbocycles. The quantitative estimate of drug-likeness (QED) is 0.490. The predicted octanol–water partition coefficient (Wildman–Crippen LogP) is 3.56. The summed E-state index contributed by atoms with van der Waals surface area (Å²) in [5.41, 5.74) is 0.469. The lowest BCUT2D eigenvalue weighted by atomic mass is 10.1. The zero-order valence-corrected chi connectivity index (χ0v) is 11.8. The van der Waals surface area contributed by atoms with Gasteiger partial charge in [0, 0.05) is 24.0 Å². The molecule has 0 amide bonds. The van der Waals surface area contributed by atoms with Gasteiger partial charge in [0.25, 0.3) is 5.69 Å². The average Bonchev–Trinajstić information content (AvgIpc) is 2.48. The number of carbonyl (C=O) groups excluding carboxylic acids is 1. The topological polar surface area (TPSA) is 82.3 Å². The van der Waals surface area contributed by atoms with Crippen molar-refractivity contribution in [2.45, 2.75) is 13.0 Å². The summed E-state index contributed by atoms with van der Waals surface area (Å²) in [7, 11) is 0. The van der Waals surface area contributed by atoms with Gasteiger partial charge in [0.2, 0.25) is 0 Å². The fourth-order valence-electron chi connectivity index (χ4n) is 1.69. The summed E-state index contributed by atoms with van der Waals surface area (Å²) in [5, 5.41) is 10.8. The molecule has 1 unspecified atom stereocenters. The molecule has 0 radical (unpaired) electrons. The summed E-state index contributed by atoms with van der Waals surface area (Å²) in [5.74, 6) is -0.661. The van der Waals surface area contributed by atoms with Crippen LogP contribution >= 0.6 is 11.6 Å². The fourth-order valence-corrected chi connectivity index (χ4v) is 1.88. The van der Waals surface area contributed by atoms with Crippen molar-refractivity contribution in [2.75, 3.05) is 0 Å². The molecular weight excluding hydrogens is 296 g/mol.